The Morgan fingerprint density at radius 3 is 2.35 bits per heavy atom. The molecule has 20 heavy (non-hydrogen) atoms. The third-order valence-corrected chi connectivity index (χ3v) is 3.55. The van der Waals surface area contributed by atoms with Crippen molar-refractivity contribution in [2.24, 2.45) is 5.73 Å². The van der Waals surface area contributed by atoms with E-state index in [2.05, 4.69) is 0 Å². The molecule has 0 atom stereocenters. The van der Waals surface area contributed by atoms with Gasteiger partial charge in [-0.2, -0.15) is 0 Å². The van der Waals surface area contributed by atoms with Crippen LogP contribution >= 0.6 is 0 Å². The standard InChI is InChI=1S/C11H16N2O5S.Na/c12-8-3-1-2-5-9-6-4-7-10(19(16,17)18)11(9)13(14)15;/h4,6-7H,1-3,5,8,12H2,(H,16,17,18);/q;+1/p-1. The molecule has 106 valence electrons. The molecular formula is C11H15N2NaO5S. The van der Waals surface area contributed by atoms with Crippen LogP contribution in [0.15, 0.2) is 23.1 Å². The first-order chi connectivity index (χ1) is 8.88. The molecular weight excluding hydrogens is 295 g/mol. The van der Waals surface area contributed by atoms with Crippen LogP contribution in [0.3, 0.4) is 0 Å². The van der Waals surface area contributed by atoms with Crippen molar-refractivity contribution in [3.05, 3.63) is 33.9 Å². The van der Waals surface area contributed by atoms with Crippen molar-refractivity contribution in [3.63, 3.8) is 0 Å². The van der Waals surface area contributed by atoms with Gasteiger partial charge in [0.15, 0.2) is 0 Å². The third kappa shape index (κ3) is 5.47. The van der Waals surface area contributed by atoms with Gasteiger partial charge in [0.25, 0.3) is 5.69 Å². The Morgan fingerprint density at radius 1 is 1.20 bits per heavy atom. The van der Waals surface area contributed by atoms with Gasteiger partial charge >= 0.3 is 29.6 Å². The van der Waals surface area contributed by atoms with Crippen LogP contribution in [0.5, 0.6) is 0 Å². The number of unbranched alkanes of at least 4 members (excludes halogenated alkanes) is 2. The molecule has 0 spiro atoms. The Kier molecular flexibility index (Phi) is 8.48. The second-order valence-electron chi connectivity index (χ2n) is 4.07. The van der Waals surface area contributed by atoms with Crippen LogP contribution in [0.4, 0.5) is 5.69 Å². The third-order valence-electron chi connectivity index (χ3n) is 2.68. The molecule has 1 aromatic carbocycles. The van der Waals surface area contributed by atoms with Crippen LogP contribution in [-0.2, 0) is 16.5 Å². The van der Waals surface area contributed by atoms with Gasteiger partial charge in [-0.1, -0.05) is 18.6 Å². The first kappa shape index (κ1) is 19.5. The van der Waals surface area contributed by atoms with Gasteiger partial charge in [0.1, 0.15) is 15.0 Å². The van der Waals surface area contributed by atoms with Gasteiger partial charge in [-0.25, -0.2) is 8.42 Å². The maximum atomic E-state index is 11.0. The Labute approximate surface area is 139 Å². The van der Waals surface area contributed by atoms with Crippen molar-refractivity contribution in [1.82, 2.24) is 0 Å². The zero-order chi connectivity index (χ0) is 14.5. The summed E-state index contributed by atoms with van der Waals surface area (Å²) in [5, 5.41) is 11.0. The van der Waals surface area contributed by atoms with E-state index < -0.39 is 25.6 Å². The second-order valence-corrected chi connectivity index (χ2v) is 5.42. The van der Waals surface area contributed by atoms with Gasteiger partial charge in [0, 0.05) is 5.56 Å². The molecule has 0 unspecified atom stereocenters. The van der Waals surface area contributed by atoms with Crippen molar-refractivity contribution in [2.75, 3.05) is 6.54 Å². The van der Waals surface area contributed by atoms with E-state index in [9.17, 15) is 23.1 Å². The number of hydrogen-bond acceptors (Lipinski definition) is 6. The van der Waals surface area contributed by atoms with Crippen molar-refractivity contribution < 1.29 is 47.5 Å². The normalized spacial score (nSPS) is 10.9. The number of nitro benzene ring substituents is 1. The Balaban J connectivity index is 0.00000361. The van der Waals surface area contributed by atoms with Gasteiger partial charge < -0.3 is 10.3 Å². The number of nitrogens with two attached hydrogens (primary N) is 1. The Bertz CT molecular complexity index is 562. The van der Waals surface area contributed by atoms with Crippen molar-refractivity contribution in [1.29, 1.82) is 0 Å². The summed E-state index contributed by atoms with van der Waals surface area (Å²) in [5.41, 5.74) is 5.00. The summed E-state index contributed by atoms with van der Waals surface area (Å²) in [6, 6.07) is 3.77. The number of nitro groups is 1. The fraction of sp³-hybridized carbons (Fsp3) is 0.455. The number of benzene rings is 1. The van der Waals surface area contributed by atoms with Gasteiger partial charge in [-0.15, -0.1) is 0 Å². The van der Waals surface area contributed by atoms with Crippen molar-refractivity contribution in [3.8, 4) is 0 Å². The summed E-state index contributed by atoms with van der Waals surface area (Å²) in [6.07, 6.45) is 2.59. The number of aryl methyl sites for hydroxylation is 1. The predicted octanol–water partition coefficient (Wildman–Crippen LogP) is -1.83. The van der Waals surface area contributed by atoms with E-state index in [0.29, 0.717) is 19.4 Å². The van der Waals surface area contributed by atoms with E-state index in [-0.39, 0.29) is 35.1 Å². The molecule has 0 aliphatic heterocycles. The quantitative estimate of drug-likeness (QED) is 0.208. The molecule has 0 bridgehead atoms. The van der Waals surface area contributed by atoms with Gasteiger partial charge in [0.2, 0.25) is 0 Å². The molecule has 1 rings (SSSR count). The molecule has 0 amide bonds. The maximum Gasteiger partial charge on any atom is 1.00 e. The summed E-state index contributed by atoms with van der Waals surface area (Å²) in [4.78, 5) is 9.37. The molecule has 9 heteroatoms. The number of hydrogen-bond donors (Lipinski definition) is 1. The van der Waals surface area contributed by atoms with Crippen LogP contribution in [-0.4, -0.2) is 24.4 Å². The molecule has 2 N–H and O–H groups in total. The minimum absolute atomic E-state index is 0. The molecule has 0 aliphatic rings. The van der Waals surface area contributed by atoms with Crippen molar-refractivity contribution in [2.45, 2.75) is 30.6 Å². The van der Waals surface area contributed by atoms with Crippen LogP contribution in [0.2, 0.25) is 0 Å². The summed E-state index contributed by atoms with van der Waals surface area (Å²) in [7, 11) is -4.85. The SMILES string of the molecule is NCCCCCc1cccc(S(=O)(=O)[O-])c1[N+](=O)[O-].[Na+]. The fourth-order valence-electron chi connectivity index (χ4n) is 1.82. The monoisotopic (exact) mass is 310 g/mol. The van der Waals surface area contributed by atoms with E-state index in [0.717, 1.165) is 18.9 Å². The number of nitrogens with zero attached hydrogens (tertiary/aromatic N) is 1. The van der Waals surface area contributed by atoms with Crippen molar-refractivity contribution >= 4 is 15.8 Å². The van der Waals surface area contributed by atoms with Gasteiger partial charge in [0.05, 0.1) is 4.92 Å². The molecule has 0 saturated carbocycles. The molecule has 0 aliphatic carbocycles. The molecule has 1 aromatic rings. The van der Waals surface area contributed by atoms with Crippen LogP contribution in [0.1, 0.15) is 24.8 Å². The van der Waals surface area contributed by atoms with E-state index in [1.807, 2.05) is 0 Å². The second kappa shape index (κ2) is 8.71. The zero-order valence-corrected chi connectivity index (χ0v) is 14.1. The van der Waals surface area contributed by atoms with Crippen LogP contribution < -0.4 is 35.3 Å². The van der Waals surface area contributed by atoms with E-state index >= 15 is 0 Å². The van der Waals surface area contributed by atoms with Crippen LogP contribution in [0.25, 0.3) is 0 Å². The smallest absolute Gasteiger partial charge is 0.744 e. The molecule has 0 heterocycles. The fourth-order valence-corrected chi connectivity index (χ4v) is 2.50. The van der Waals surface area contributed by atoms with Gasteiger partial charge in [-0.05, 0) is 31.9 Å². The molecule has 0 saturated heterocycles. The maximum absolute atomic E-state index is 11.0. The first-order valence-corrected chi connectivity index (χ1v) is 7.21. The van der Waals surface area contributed by atoms with E-state index in [4.69, 9.17) is 5.73 Å². The largest absolute Gasteiger partial charge is 1.00 e. The Hall–Kier alpha value is -0.510. The summed E-state index contributed by atoms with van der Waals surface area (Å²) in [6.45, 7) is 0.539. The van der Waals surface area contributed by atoms with Gasteiger partial charge in [-0.3, -0.25) is 10.1 Å². The molecule has 0 fully saturated rings. The zero-order valence-electron chi connectivity index (χ0n) is 11.2. The first-order valence-electron chi connectivity index (χ1n) is 5.80. The topological polar surface area (TPSA) is 126 Å². The summed E-state index contributed by atoms with van der Waals surface area (Å²) >= 11 is 0. The predicted molar refractivity (Wildman–Crippen MR) is 67.7 cm³/mol. The minimum atomic E-state index is -4.85. The molecule has 0 radical (unpaired) electrons. The molecule has 0 aromatic heterocycles. The average Bonchev–Trinajstić information content (AvgIpc) is 2.33. The summed E-state index contributed by atoms with van der Waals surface area (Å²) in [5.74, 6) is 0. The number of rotatable bonds is 7. The number of para-hydroxylation sites is 1. The minimum Gasteiger partial charge on any atom is -0.744 e. The summed E-state index contributed by atoms with van der Waals surface area (Å²) < 4.78 is 33.0. The Morgan fingerprint density at radius 2 is 1.85 bits per heavy atom. The average molecular weight is 310 g/mol. The molecule has 7 nitrogen and oxygen atoms in total. The van der Waals surface area contributed by atoms with E-state index in [1.165, 1.54) is 12.1 Å². The van der Waals surface area contributed by atoms with E-state index in [1.54, 1.807) is 0 Å². The van der Waals surface area contributed by atoms with Crippen LogP contribution in [0, 0.1) is 10.1 Å².